The van der Waals surface area contributed by atoms with Crippen molar-refractivity contribution >= 4 is 17.7 Å². The Kier molecular flexibility index (Phi) is 4.85. The van der Waals surface area contributed by atoms with E-state index in [0.717, 1.165) is 22.6 Å². The Morgan fingerprint density at radius 1 is 1.10 bits per heavy atom. The molecule has 0 amide bonds. The molecule has 0 spiro atoms. The molecular weight excluding hydrogens is 268 g/mol. The van der Waals surface area contributed by atoms with Crippen LogP contribution >= 0.6 is 11.8 Å². The summed E-state index contributed by atoms with van der Waals surface area (Å²) in [7, 11) is 0. The molecule has 0 radical (unpaired) electrons. The lowest BCUT2D eigenvalue weighted by atomic mass is 10.1. The van der Waals surface area contributed by atoms with Crippen molar-refractivity contribution in [1.82, 2.24) is 0 Å². The third-order valence-electron chi connectivity index (χ3n) is 3.28. The van der Waals surface area contributed by atoms with Gasteiger partial charge in [0.15, 0.2) is 0 Å². The number of thioether (sulfide) groups is 1. The minimum absolute atomic E-state index is 0.385. The van der Waals surface area contributed by atoms with Crippen LogP contribution < -0.4 is 0 Å². The molecule has 3 heteroatoms. The van der Waals surface area contributed by atoms with Crippen LogP contribution in [-0.4, -0.2) is 11.1 Å². The second-order valence-electron chi connectivity index (χ2n) is 4.74. The van der Waals surface area contributed by atoms with Gasteiger partial charge in [0.1, 0.15) is 0 Å². The molecule has 2 nitrogen and oxygen atoms in total. The minimum atomic E-state index is -0.864. The molecule has 0 heterocycles. The standard InChI is InChI=1S/C17H18O2S/c1-3-13-5-7-14(8-6-13)11-20-15-9-4-12(2)16(10-15)17(18)19/h4-10H,3,11H2,1-2H3,(H,18,19). The Hall–Kier alpha value is -1.74. The second kappa shape index (κ2) is 6.62. The number of aromatic carboxylic acids is 1. The molecule has 0 saturated carbocycles. The number of carboxylic acids is 1. The Bertz CT molecular complexity index is 603. The minimum Gasteiger partial charge on any atom is -0.478 e. The van der Waals surface area contributed by atoms with Crippen LogP contribution in [-0.2, 0) is 12.2 Å². The summed E-state index contributed by atoms with van der Waals surface area (Å²) < 4.78 is 0. The van der Waals surface area contributed by atoms with Crippen molar-refractivity contribution in [2.45, 2.75) is 30.9 Å². The number of benzene rings is 2. The lowest BCUT2D eigenvalue weighted by molar-refractivity contribution is 0.0696. The molecule has 2 aromatic carbocycles. The van der Waals surface area contributed by atoms with E-state index in [9.17, 15) is 4.79 Å². The van der Waals surface area contributed by atoms with E-state index in [0.29, 0.717) is 5.56 Å². The predicted molar refractivity (Wildman–Crippen MR) is 83.5 cm³/mol. The molecule has 0 aliphatic rings. The van der Waals surface area contributed by atoms with E-state index in [1.807, 2.05) is 19.1 Å². The van der Waals surface area contributed by atoms with Gasteiger partial charge < -0.3 is 5.11 Å². The summed E-state index contributed by atoms with van der Waals surface area (Å²) >= 11 is 1.66. The van der Waals surface area contributed by atoms with Gasteiger partial charge in [-0.2, -0.15) is 0 Å². The molecule has 0 aliphatic heterocycles. The maximum atomic E-state index is 11.1. The van der Waals surface area contributed by atoms with Crippen molar-refractivity contribution < 1.29 is 9.90 Å². The van der Waals surface area contributed by atoms with Crippen LogP contribution in [0, 0.1) is 6.92 Å². The maximum Gasteiger partial charge on any atom is 0.335 e. The number of hydrogen-bond donors (Lipinski definition) is 1. The zero-order valence-electron chi connectivity index (χ0n) is 11.7. The Morgan fingerprint density at radius 2 is 1.75 bits per heavy atom. The SMILES string of the molecule is CCc1ccc(CSc2ccc(C)c(C(=O)O)c2)cc1. The van der Waals surface area contributed by atoms with Crippen molar-refractivity contribution in [1.29, 1.82) is 0 Å². The molecule has 2 rings (SSSR count). The van der Waals surface area contributed by atoms with Gasteiger partial charge in [-0.3, -0.25) is 0 Å². The lowest BCUT2D eigenvalue weighted by Gasteiger charge is -2.06. The second-order valence-corrected chi connectivity index (χ2v) is 5.79. The smallest absolute Gasteiger partial charge is 0.335 e. The van der Waals surface area contributed by atoms with Crippen molar-refractivity contribution in [3.05, 3.63) is 64.7 Å². The first-order valence-electron chi connectivity index (χ1n) is 6.64. The number of carboxylic acid groups (broad SMARTS) is 1. The molecule has 0 aliphatic carbocycles. The average Bonchev–Trinajstić information content (AvgIpc) is 2.46. The fraction of sp³-hybridized carbons (Fsp3) is 0.235. The molecule has 0 atom stereocenters. The first kappa shape index (κ1) is 14.7. The van der Waals surface area contributed by atoms with E-state index >= 15 is 0 Å². The summed E-state index contributed by atoms with van der Waals surface area (Å²) in [5.41, 5.74) is 3.78. The first-order valence-corrected chi connectivity index (χ1v) is 7.63. The third-order valence-corrected chi connectivity index (χ3v) is 4.34. The van der Waals surface area contributed by atoms with E-state index in [1.54, 1.807) is 17.8 Å². The number of hydrogen-bond acceptors (Lipinski definition) is 2. The van der Waals surface area contributed by atoms with E-state index in [1.165, 1.54) is 11.1 Å². The van der Waals surface area contributed by atoms with Crippen LogP contribution in [0.5, 0.6) is 0 Å². The van der Waals surface area contributed by atoms with Gasteiger partial charge in [0.05, 0.1) is 5.56 Å². The first-order chi connectivity index (χ1) is 9.60. The molecule has 0 bridgehead atoms. The average molecular weight is 286 g/mol. The van der Waals surface area contributed by atoms with Gasteiger partial charge in [-0.15, -0.1) is 11.8 Å². The van der Waals surface area contributed by atoms with Gasteiger partial charge in [0.2, 0.25) is 0 Å². The van der Waals surface area contributed by atoms with E-state index < -0.39 is 5.97 Å². The zero-order chi connectivity index (χ0) is 14.5. The summed E-state index contributed by atoms with van der Waals surface area (Å²) in [6.07, 6.45) is 1.05. The van der Waals surface area contributed by atoms with Crippen molar-refractivity contribution in [2.75, 3.05) is 0 Å². The summed E-state index contributed by atoms with van der Waals surface area (Å²) in [5, 5.41) is 9.12. The van der Waals surface area contributed by atoms with Gasteiger partial charge in [-0.25, -0.2) is 4.79 Å². The number of rotatable bonds is 5. The van der Waals surface area contributed by atoms with Crippen molar-refractivity contribution in [3.8, 4) is 0 Å². The van der Waals surface area contributed by atoms with Crippen LogP contribution in [0.4, 0.5) is 0 Å². The van der Waals surface area contributed by atoms with Gasteiger partial charge in [-0.05, 0) is 42.2 Å². The summed E-state index contributed by atoms with van der Waals surface area (Å²) in [4.78, 5) is 12.1. The highest BCUT2D eigenvalue weighted by molar-refractivity contribution is 7.98. The molecule has 104 valence electrons. The van der Waals surface area contributed by atoms with E-state index in [-0.39, 0.29) is 0 Å². The zero-order valence-corrected chi connectivity index (χ0v) is 12.5. The molecular formula is C17H18O2S. The fourth-order valence-corrected chi connectivity index (χ4v) is 2.85. The van der Waals surface area contributed by atoms with Crippen LogP contribution in [0.15, 0.2) is 47.4 Å². The molecule has 0 fully saturated rings. The van der Waals surface area contributed by atoms with Gasteiger partial charge in [0.25, 0.3) is 0 Å². The van der Waals surface area contributed by atoms with Crippen LogP contribution in [0.25, 0.3) is 0 Å². The Balaban J connectivity index is 2.06. The summed E-state index contributed by atoms with van der Waals surface area (Å²) in [6.45, 7) is 3.96. The van der Waals surface area contributed by atoms with Gasteiger partial charge in [-0.1, -0.05) is 37.3 Å². The lowest BCUT2D eigenvalue weighted by Crippen LogP contribution is -1.99. The highest BCUT2D eigenvalue weighted by Crippen LogP contribution is 2.25. The van der Waals surface area contributed by atoms with Gasteiger partial charge >= 0.3 is 5.97 Å². The number of aryl methyl sites for hydroxylation is 2. The molecule has 0 unspecified atom stereocenters. The Morgan fingerprint density at radius 3 is 2.35 bits per heavy atom. The van der Waals surface area contributed by atoms with E-state index in [2.05, 4.69) is 31.2 Å². The van der Waals surface area contributed by atoms with Crippen molar-refractivity contribution in [3.63, 3.8) is 0 Å². The van der Waals surface area contributed by atoms with E-state index in [4.69, 9.17) is 5.11 Å². The predicted octanol–water partition coefficient (Wildman–Crippen LogP) is 4.55. The monoisotopic (exact) mass is 286 g/mol. The Labute approximate surface area is 123 Å². The highest BCUT2D eigenvalue weighted by Gasteiger charge is 2.08. The highest BCUT2D eigenvalue weighted by atomic mass is 32.2. The number of carbonyl (C=O) groups is 1. The summed E-state index contributed by atoms with van der Waals surface area (Å²) in [6, 6.07) is 14.2. The van der Waals surface area contributed by atoms with Gasteiger partial charge in [0, 0.05) is 10.6 Å². The van der Waals surface area contributed by atoms with Crippen molar-refractivity contribution in [2.24, 2.45) is 0 Å². The molecule has 2 aromatic rings. The topological polar surface area (TPSA) is 37.3 Å². The quantitative estimate of drug-likeness (QED) is 0.819. The maximum absolute atomic E-state index is 11.1. The van der Waals surface area contributed by atoms with Crippen LogP contribution in [0.3, 0.4) is 0 Å². The normalized spacial score (nSPS) is 10.5. The molecule has 1 N–H and O–H groups in total. The van der Waals surface area contributed by atoms with Crippen LogP contribution in [0.1, 0.15) is 34.0 Å². The summed E-state index contributed by atoms with van der Waals surface area (Å²) in [5.74, 6) is -0.0104. The largest absolute Gasteiger partial charge is 0.478 e. The molecule has 20 heavy (non-hydrogen) atoms. The molecule has 0 aromatic heterocycles. The fourth-order valence-electron chi connectivity index (χ4n) is 1.96. The van der Waals surface area contributed by atoms with Crippen LogP contribution in [0.2, 0.25) is 0 Å². The molecule has 0 saturated heterocycles. The third kappa shape index (κ3) is 3.64.